The molecule has 2 heteroatoms. The molecule has 28 heavy (non-hydrogen) atoms. The molecule has 0 bridgehead atoms. The van der Waals surface area contributed by atoms with Crippen LogP contribution in [0.5, 0.6) is 0 Å². The fourth-order valence-electron chi connectivity index (χ4n) is 3.51. The number of hydrogen-bond donors (Lipinski definition) is 0. The molecule has 4 rings (SSSR count). The molecule has 3 aromatic carbocycles. The molecule has 0 aliphatic rings. The summed E-state index contributed by atoms with van der Waals surface area (Å²) in [5.74, 6) is 0. The highest BCUT2D eigenvalue weighted by molar-refractivity contribution is 6.88. The maximum Gasteiger partial charge on any atom is 0.0777 e. The molecule has 1 heterocycles. The lowest BCUT2D eigenvalue weighted by molar-refractivity contribution is 1.33. The molecule has 138 valence electrons. The van der Waals surface area contributed by atoms with Crippen molar-refractivity contribution in [3.63, 3.8) is 0 Å². The van der Waals surface area contributed by atoms with Crippen LogP contribution in [0.25, 0.3) is 33.5 Å². The zero-order valence-corrected chi connectivity index (χ0v) is 17.7. The summed E-state index contributed by atoms with van der Waals surface area (Å²) in [6.45, 7) is 7.12. The van der Waals surface area contributed by atoms with Crippen LogP contribution in [-0.4, -0.2) is 13.1 Å². The molecule has 0 saturated carbocycles. The topological polar surface area (TPSA) is 12.9 Å². The molecule has 4 aromatic rings. The standard InChI is InChI=1S/C26H25NSi/c1-28(2,3)23-16-17-27-26(19-23)22-13-9-12-21(18-22)25-15-8-7-14-24(25)20-10-5-4-6-11-20/h4-19H,1-3H3. The molecule has 0 aliphatic heterocycles. The first-order chi connectivity index (χ1) is 13.5. The van der Waals surface area contributed by atoms with E-state index in [0.29, 0.717) is 0 Å². The Hall–Kier alpha value is -2.97. The van der Waals surface area contributed by atoms with E-state index in [2.05, 4.69) is 116 Å². The lowest BCUT2D eigenvalue weighted by Crippen LogP contribution is -2.37. The van der Waals surface area contributed by atoms with Gasteiger partial charge in [-0.25, -0.2) is 0 Å². The summed E-state index contributed by atoms with van der Waals surface area (Å²) in [7, 11) is -1.37. The number of benzene rings is 3. The van der Waals surface area contributed by atoms with Crippen LogP contribution in [0.15, 0.2) is 97.2 Å². The van der Waals surface area contributed by atoms with Crippen molar-refractivity contribution in [2.75, 3.05) is 0 Å². The Labute approximate surface area is 168 Å². The van der Waals surface area contributed by atoms with Crippen LogP contribution in [0.2, 0.25) is 19.6 Å². The fourth-order valence-corrected chi connectivity index (χ4v) is 4.65. The van der Waals surface area contributed by atoms with Crippen molar-refractivity contribution in [3.05, 3.63) is 97.2 Å². The molecule has 1 aromatic heterocycles. The third kappa shape index (κ3) is 3.83. The number of aromatic nitrogens is 1. The van der Waals surface area contributed by atoms with Crippen molar-refractivity contribution in [1.82, 2.24) is 4.98 Å². The van der Waals surface area contributed by atoms with E-state index in [9.17, 15) is 0 Å². The van der Waals surface area contributed by atoms with E-state index in [1.165, 1.54) is 33.0 Å². The molecule has 0 amide bonds. The van der Waals surface area contributed by atoms with Gasteiger partial charge in [-0.05, 0) is 40.5 Å². The van der Waals surface area contributed by atoms with Crippen molar-refractivity contribution in [2.24, 2.45) is 0 Å². The molecule has 0 spiro atoms. The van der Waals surface area contributed by atoms with Gasteiger partial charge in [-0.15, -0.1) is 0 Å². The fraction of sp³-hybridized carbons (Fsp3) is 0.115. The molecular weight excluding hydrogens is 354 g/mol. The smallest absolute Gasteiger partial charge is 0.0777 e. The minimum atomic E-state index is -1.37. The average molecular weight is 380 g/mol. The first kappa shape index (κ1) is 18.4. The second-order valence-corrected chi connectivity index (χ2v) is 13.2. The van der Waals surface area contributed by atoms with Gasteiger partial charge in [0, 0.05) is 11.8 Å². The van der Waals surface area contributed by atoms with Crippen LogP contribution in [0.4, 0.5) is 0 Å². The Morgan fingerprint density at radius 2 is 1.18 bits per heavy atom. The van der Waals surface area contributed by atoms with Gasteiger partial charge in [0.05, 0.1) is 13.8 Å². The largest absolute Gasteiger partial charge is 0.256 e. The SMILES string of the molecule is C[Si](C)(C)c1ccnc(-c2cccc(-c3ccccc3-c3ccccc3)c2)c1. The van der Waals surface area contributed by atoms with Crippen LogP contribution < -0.4 is 5.19 Å². The minimum Gasteiger partial charge on any atom is -0.256 e. The zero-order valence-electron chi connectivity index (χ0n) is 16.7. The minimum absolute atomic E-state index is 1.05. The predicted octanol–water partition coefficient (Wildman–Crippen LogP) is 6.63. The number of rotatable bonds is 4. The Bertz CT molecular complexity index is 1090. The first-order valence-electron chi connectivity index (χ1n) is 9.74. The molecule has 0 atom stereocenters. The van der Waals surface area contributed by atoms with Crippen LogP contribution in [0.1, 0.15) is 0 Å². The summed E-state index contributed by atoms with van der Waals surface area (Å²) in [6, 6.07) is 32.4. The normalized spacial score (nSPS) is 11.4. The Balaban J connectivity index is 1.80. The van der Waals surface area contributed by atoms with E-state index >= 15 is 0 Å². The number of nitrogens with zero attached hydrogens (tertiary/aromatic N) is 1. The van der Waals surface area contributed by atoms with Gasteiger partial charge in [0.25, 0.3) is 0 Å². The maximum atomic E-state index is 4.66. The Morgan fingerprint density at radius 1 is 0.571 bits per heavy atom. The van der Waals surface area contributed by atoms with Gasteiger partial charge in [-0.2, -0.15) is 0 Å². The van der Waals surface area contributed by atoms with Crippen LogP contribution in [0, 0.1) is 0 Å². The number of pyridine rings is 1. The van der Waals surface area contributed by atoms with E-state index in [-0.39, 0.29) is 0 Å². The van der Waals surface area contributed by atoms with Crippen molar-refractivity contribution >= 4 is 13.3 Å². The van der Waals surface area contributed by atoms with Gasteiger partial charge in [0.2, 0.25) is 0 Å². The third-order valence-corrected chi connectivity index (χ3v) is 7.15. The monoisotopic (exact) mass is 379 g/mol. The van der Waals surface area contributed by atoms with Gasteiger partial charge in [0.15, 0.2) is 0 Å². The van der Waals surface area contributed by atoms with Gasteiger partial charge in [-0.1, -0.05) is 97.6 Å². The molecule has 1 nitrogen and oxygen atoms in total. The third-order valence-electron chi connectivity index (χ3n) is 5.11. The summed E-state index contributed by atoms with van der Waals surface area (Å²) in [5, 5.41) is 1.44. The second kappa shape index (κ2) is 7.57. The lowest BCUT2D eigenvalue weighted by atomic mass is 9.93. The van der Waals surface area contributed by atoms with E-state index in [1.807, 2.05) is 6.20 Å². The van der Waals surface area contributed by atoms with E-state index in [1.54, 1.807) is 0 Å². The number of hydrogen-bond acceptors (Lipinski definition) is 1. The Morgan fingerprint density at radius 3 is 1.89 bits per heavy atom. The molecule has 0 unspecified atom stereocenters. The van der Waals surface area contributed by atoms with Crippen molar-refractivity contribution in [1.29, 1.82) is 0 Å². The highest BCUT2D eigenvalue weighted by atomic mass is 28.3. The van der Waals surface area contributed by atoms with Crippen molar-refractivity contribution < 1.29 is 0 Å². The van der Waals surface area contributed by atoms with Gasteiger partial charge >= 0.3 is 0 Å². The van der Waals surface area contributed by atoms with Crippen molar-refractivity contribution in [2.45, 2.75) is 19.6 Å². The zero-order chi connectivity index (χ0) is 19.6. The van der Waals surface area contributed by atoms with Gasteiger partial charge in [0.1, 0.15) is 0 Å². The predicted molar refractivity (Wildman–Crippen MR) is 124 cm³/mol. The molecule has 0 aliphatic carbocycles. The molecule has 0 radical (unpaired) electrons. The van der Waals surface area contributed by atoms with Crippen LogP contribution >= 0.6 is 0 Å². The summed E-state index contributed by atoms with van der Waals surface area (Å²) in [6.07, 6.45) is 1.95. The van der Waals surface area contributed by atoms with Crippen LogP contribution in [-0.2, 0) is 0 Å². The maximum absolute atomic E-state index is 4.66. The highest BCUT2D eigenvalue weighted by Crippen LogP contribution is 2.33. The summed E-state index contributed by atoms with van der Waals surface area (Å²) >= 11 is 0. The molecule has 0 fully saturated rings. The van der Waals surface area contributed by atoms with Gasteiger partial charge in [-0.3, -0.25) is 4.98 Å². The van der Waals surface area contributed by atoms with Crippen LogP contribution in [0.3, 0.4) is 0 Å². The van der Waals surface area contributed by atoms with E-state index < -0.39 is 8.07 Å². The molecular formula is C26H25NSi. The molecule has 0 N–H and O–H groups in total. The summed E-state index contributed by atoms with van der Waals surface area (Å²) in [5.41, 5.74) is 7.18. The van der Waals surface area contributed by atoms with Gasteiger partial charge < -0.3 is 0 Å². The highest BCUT2D eigenvalue weighted by Gasteiger charge is 2.17. The van der Waals surface area contributed by atoms with Crippen molar-refractivity contribution in [3.8, 4) is 33.5 Å². The Kier molecular flexibility index (Phi) is 4.97. The summed E-state index contributed by atoms with van der Waals surface area (Å²) in [4.78, 5) is 4.66. The van der Waals surface area contributed by atoms with E-state index in [0.717, 1.165) is 5.69 Å². The first-order valence-corrected chi connectivity index (χ1v) is 13.2. The quantitative estimate of drug-likeness (QED) is 0.363. The second-order valence-electron chi connectivity index (χ2n) is 8.17. The molecule has 0 saturated heterocycles. The summed E-state index contributed by atoms with van der Waals surface area (Å²) < 4.78 is 0. The lowest BCUT2D eigenvalue weighted by Gasteiger charge is -2.17. The van der Waals surface area contributed by atoms with E-state index in [4.69, 9.17) is 0 Å². The average Bonchev–Trinajstić information content (AvgIpc) is 2.74.